The Balaban J connectivity index is 2.60. The second-order valence-corrected chi connectivity index (χ2v) is 4.47. The molecule has 3 rings (SSSR count). The van der Waals surface area contributed by atoms with Gasteiger partial charge < -0.3 is 30.6 Å². The van der Waals surface area contributed by atoms with Gasteiger partial charge in [-0.3, -0.25) is 0 Å². The van der Waals surface area contributed by atoms with E-state index in [-0.39, 0.29) is 33.0 Å². The normalized spacial score (nSPS) is 11.2. The van der Waals surface area contributed by atoms with E-state index in [2.05, 4.69) is 0 Å². The smallest absolute Gasteiger partial charge is 0.158 e. The van der Waals surface area contributed by atoms with Crippen molar-refractivity contribution < 1.29 is 30.6 Å². The number of hydrogen-bond acceptors (Lipinski definition) is 6. The third kappa shape index (κ3) is 1.45. The quantitative estimate of drug-likeness (QED) is 0.212. The van der Waals surface area contributed by atoms with Crippen molar-refractivity contribution in [2.45, 2.75) is 0 Å². The van der Waals surface area contributed by atoms with Crippen molar-refractivity contribution in [3.8, 4) is 34.5 Å². The van der Waals surface area contributed by atoms with Gasteiger partial charge in [-0.2, -0.15) is 0 Å². The summed E-state index contributed by atoms with van der Waals surface area (Å²) in [5.41, 5.74) is 0. The molecular formula is C14H10O6. The Hall–Kier alpha value is -3.02. The summed E-state index contributed by atoms with van der Waals surface area (Å²) in [4.78, 5) is 0. The summed E-state index contributed by atoms with van der Waals surface area (Å²) in [5.74, 6) is -2.38. The number of fused-ring (bicyclic) bond motifs is 2. The van der Waals surface area contributed by atoms with Crippen molar-refractivity contribution in [1.29, 1.82) is 0 Å². The third-order valence-corrected chi connectivity index (χ3v) is 3.25. The fourth-order valence-corrected chi connectivity index (χ4v) is 2.23. The molecule has 3 aromatic carbocycles. The van der Waals surface area contributed by atoms with E-state index in [9.17, 15) is 30.6 Å². The molecule has 0 aliphatic carbocycles. The Morgan fingerprint density at radius 2 is 0.600 bits per heavy atom. The maximum atomic E-state index is 10.2. The first-order valence-corrected chi connectivity index (χ1v) is 5.65. The van der Waals surface area contributed by atoms with Crippen LogP contribution in [0.2, 0.25) is 0 Å². The standard InChI is InChI=1S/C14H10O6/c15-9-1-5-6(2-10(9)16)14(20)8-4-12(18)11(17)3-7(8)13(5)19/h1-4,15-20H. The molecule has 0 atom stereocenters. The molecule has 0 saturated heterocycles. The zero-order chi connectivity index (χ0) is 14.6. The van der Waals surface area contributed by atoms with Crippen LogP contribution in [0.25, 0.3) is 21.5 Å². The summed E-state index contributed by atoms with van der Waals surface area (Å²) >= 11 is 0. The first-order valence-electron chi connectivity index (χ1n) is 5.65. The third-order valence-electron chi connectivity index (χ3n) is 3.25. The summed E-state index contributed by atoms with van der Waals surface area (Å²) in [6.07, 6.45) is 0. The fourth-order valence-electron chi connectivity index (χ4n) is 2.23. The van der Waals surface area contributed by atoms with Gasteiger partial charge in [-0.15, -0.1) is 0 Å². The minimum atomic E-state index is -0.449. The zero-order valence-electron chi connectivity index (χ0n) is 9.99. The van der Waals surface area contributed by atoms with Crippen LogP contribution in [0.5, 0.6) is 34.5 Å². The predicted molar refractivity (Wildman–Crippen MR) is 71.4 cm³/mol. The minimum absolute atomic E-state index is 0.107. The maximum Gasteiger partial charge on any atom is 0.158 e. The van der Waals surface area contributed by atoms with Crippen LogP contribution in [0.15, 0.2) is 24.3 Å². The molecule has 6 heteroatoms. The number of aromatic hydroxyl groups is 6. The molecule has 0 aliphatic heterocycles. The van der Waals surface area contributed by atoms with E-state index in [1.54, 1.807) is 0 Å². The average Bonchev–Trinajstić information content (AvgIpc) is 2.41. The number of phenols is 6. The molecule has 102 valence electrons. The molecule has 0 fully saturated rings. The van der Waals surface area contributed by atoms with E-state index < -0.39 is 23.0 Å². The highest BCUT2D eigenvalue weighted by Crippen LogP contribution is 2.47. The van der Waals surface area contributed by atoms with E-state index in [4.69, 9.17) is 0 Å². The van der Waals surface area contributed by atoms with Gasteiger partial charge in [0.25, 0.3) is 0 Å². The molecule has 6 N–H and O–H groups in total. The molecule has 0 unspecified atom stereocenters. The predicted octanol–water partition coefficient (Wildman–Crippen LogP) is 2.23. The van der Waals surface area contributed by atoms with Crippen molar-refractivity contribution in [3.05, 3.63) is 24.3 Å². The van der Waals surface area contributed by atoms with Gasteiger partial charge in [-0.25, -0.2) is 0 Å². The van der Waals surface area contributed by atoms with E-state index in [0.29, 0.717) is 0 Å². The molecule has 3 aromatic rings. The minimum Gasteiger partial charge on any atom is -0.507 e. The van der Waals surface area contributed by atoms with Gasteiger partial charge in [0.15, 0.2) is 23.0 Å². The van der Waals surface area contributed by atoms with Crippen molar-refractivity contribution in [1.82, 2.24) is 0 Å². The van der Waals surface area contributed by atoms with E-state index in [0.717, 1.165) is 24.3 Å². The Morgan fingerprint density at radius 3 is 0.800 bits per heavy atom. The highest BCUT2D eigenvalue weighted by Gasteiger charge is 2.17. The van der Waals surface area contributed by atoms with Crippen molar-refractivity contribution in [3.63, 3.8) is 0 Å². The largest absolute Gasteiger partial charge is 0.507 e. The average molecular weight is 274 g/mol. The van der Waals surface area contributed by atoms with Crippen LogP contribution in [0.4, 0.5) is 0 Å². The SMILES string of the molecule is Oc1cc2c(O)c3cc(O)c(O)cc3c(O)c2cc1O. The lowest BCUT2D eigenvalue weighted by Crippen LogP contribution is -1.83. The zero-order valence-corrected chi connectivity index (χ0v) is 9.99. The molecule has 0 aliphatic rings. The molecule has 0 saturated carbocycles. The topological polar surface area (TPSA) is 121 Å². The van der Waals surface area contributed by atoms with Crippen LogP contribution in [0.1, 0.15) is 0 Å². The first-order chi connectivity index (χ1) is 9.40. The number of benzene rings is 3. The van der Waals surface area contributed by atoms with Gasteiger partial charge >= 0.3 is 0 Å². The lowest BCUT2D eigenvalue weighted by atomic mass is 9.99. The lowest BCUT2D eigenvalue weighted by Gasteiger charge is -2.11. The Kier molecular flexibility index (Phi) is 2.25. The van der Waals surface area contributed by atoms with E-state index in [1.165, 1.54) is 0 Å². The molecule has 0 bridgehead atoms. The molecule has 0 spiro atoms. The maximum absolute atomic E-state index is 10.2. The Morgan fingerprint density at radius 1 is 0.400 bits per heavy atom. The van der Waals surface area contributed by atoms with Gasteiger partial charge in [0.05, 0.1) is 0 Å². The van der Waals surface area contributed by atoms with Crippen molar-refractivity contribution in [2.75, 3.05) is 0 Å². The van der Waals surface area contributed by atoms with Gasteiger partial charge in [0.2, 0.25) is 0 Å². The fraction of sp³-hybridized carbons (Fsp3) is 0. The van der Waals surface area contributed by atoms with Gasteiger partial charge in [-0.05, 0) is 24.3 Å². The van der Waals surface area contributed by atoms with Crippen LogP contribution in [0.3, 0.4) is 0 Å². The highest BCUT2D eigenvalue weighted by atomic mass is 16.3. The number of hydrogen-bond donors (Lipinski definition) is 6. The van der Waals surface area contributed by atoms with Gasteiger partial charge in [0.1, 0.15) is 11.5 Å². The molecule has 0 radical (unpaired) electrons. The summed E-state index contributed by atoms with van der Waals surface area (Å²) in [5, 5.41) is 58.6. The number of phenolic OH excluding ortho intramolecular Hbond substituents is 6. The highest BCUT2D eigenvalue weighted by molar-refractivity contribution is 6.12. The summed E-state index contributed by atoms with van der Waals surface area (Å²) in [6.45, 7) is 0. The van der Waals surface area contributed by atoms with E-state index in [1.807, 2.05) is 0 Å². The van der Waals surface area contributed by atoms with Crippen molar-refractivity contribution >= 4 is 21.5 Å². The van der Waals surface area contributed by atoms with Gasteiger partial charge in [-0.1, -0.05) is 0 Å². The summed E-state index contributed by atoms with van der Waals surface area (Å²) < 4.78 is 0. The molecular weight excluding hydrogens is 264 g/mol. The van der Waals surface area contributed by atoms with E-state index >= 15 is 0 Å². The monoisotopic (exact) mass is 274 g/mol. The summed E-state index contributed by atoms with van der Waals surface area (Å²) in [6, 6.07) is 4.40. The molecule has 0 heterocycles. The molecule has 20 heavy (non-hydrogen) atoms. The lowest BCUT2D eigenvalue weighted by molar-refractivity contribution is 0.403. The first kappa shape index (κ1) is 12.0. The molecule has 0 amide bonds. The Labute approximate surface area is 112 Å². The second kappa shape index (κ2) is 3.74. The van der Waals surface area contributed by atoms with Crippen LogP contribution in [-0.4, -0.2) is 30.6 Å². The van der Waals surface area contributed by atoms with Gasteiger partial charge in [0, 0.05) is 21.5 Å². The van der Waals surface area contributed by atoms with Crippen LogP contribution in [0, 0.1) is 0 Å². The van der Waals surface area contributed by atoms with Crippen LogP contribution >= 0.6 is 0 Å². The van der Waals surface area contributed by atoms with Crippen molar-refractivity contribution in [2.24, 2.45) is 0 Å². The second-order valence-electron chi connectivity index (χ2n) is 4.47. The Bertz CT molecular complexity index is 728. The molecule has 6 nitrogen and oxygen atoms in total. The van der Waals surface area contributed by atoms with Crippen LogP contribution < -0.4 is 0 Å². The summed E-state index contributed by atoms with van der Waals surface area (Å²) in [7, 11) is 0. The number of rotatable bonds is 0. The molecule has 0 aromatic heterocycles. The van der Waals surface area contributed by atoms with Crippen LogP contribution in [-0.2, 0) is 0 Å².